The highest BCUT2D eigenvalue weighted by molar-refractivity contribution is 6.29. The first-order valence-electron chi connectivity index (χ1n) is 4.30. The zero-order valence-corrected chi connectivity index (χ0v) is 8.30. The minimum Gasteiger partial charge on any atom is -0.352 e. The first-order chi connectivity index (χ1) is 6.70. The Kier molecular flexibility index (Phi) is 4.40. The maximum atomic E-state index is 12.2. The van der Waals surface area contributed by atoms with E-state index in [1.165, 1.54) is 0 Å². The quantitative estimate of drug-likeness (QED) is 0.764. The van der Waals surface area contributed by atoms with Gasteiger partial charge >= 0.3 is 0 Å². The lowest BCUT2D eigenvalue weighted by molar-refractivity contribution is -0.123. The molecule has 0 fully saturated rings. The Morgan fingerprint density at radius 1 is 1.43 bits per heavy atom. The van der Waals surface area contributed by atoms with Crippen LogP contribution < -0.4 is 5.32 Å². The molecule has 2 nitrogen and oxygen atoms in total. The fraction of sp³-hybridized carbons (Fsp3) is 0.300. The van der Waals surface area contributed by atoms with Crippen LogP contribution in [0.15, 0.2) is 30.3 Å². The summed E-state index contributed by atoms with van der Waals surface area (Å²) >= 11 is 4.93. The molecule has 1 amide bonds. The highest BCUT2D eigenvalue weighted by Crippen LogP contribution is 1.99. The van der Waals surface area contributed by atoms with Gasteiger partial charge in [0.05, 0.1) is 0 Å². The fourth-order valence-electron chi connectivity index (χ4n) is 1.05. The van der Waals surface area contributed by atoms with Gasteiger partial charge in [-0.15, -0.1) is 0 Å². The number of carbonyl (C=O) groups excluding carboxylic acids is 1. The molecule has 0 saturated carbocycles. The van der Waals surface area contributed by atoms with Gasteiger partial charge in [-0.3, -0.25) is 4.79 Å². The first-order valence-corrected chi connectivity index (χ1v) is 4.73. The van der Waals surface area contributed by atoms with E-state index in [4.69, 9.17) is 11.6 Å². The van der Waals surface area contributed by atoms with Gasteiger partial charge in [0.25, 0.3) is 11.5 Å². The van der Waals surface area contributed by atoms with Crippen LogP contribution in [0.1, 0.15) is 5.56 Å². The number of alkyl halides is 2. The smallest absolute Gasteiger partial charge is 0.270 e. The largest absolute Gasteiger partial charge is 0.352 e. The zero-order chi connectivity index (χ0) is 10.4. The Morgan fingerprint density at radius 2 is 2.07 bits per heavy atom. The van der Waals surface area contributed by atoms with E-state index in [1.54, 1.807) is 0 Å². The fourth-order valence-corrected chi connectivity index (χ4v) is 1.13. The van der Waals surface area contributed by atoms with Crippen LogP contribution >= 0.6 is 11.6 Å². The van der Waals surface area contributed by atoms with E-state index in [0.717, 1.165) is 5.56 Å². The van der Waals surface area contributed by atoms with Crippen molar-refractivity contribution in [2.24, 2.45) is 0 Å². The van der Waals surface area contributed by atoms with Gasteiger partial charge in [-0.05, 0) is 12.0 Å². The number of benzene rings is 1. The SMILES string of the molecule is O=C(NCCc1ccccc1)C(F)Cl. The molecular weight excluding hydrogens is 205 g/mol. The van der Waals surface area contributed by atoms with Crippen LogP contribution in [0, 0.1) is 0 Å². The Bertz CT molecular complexity index is 289. The van der Waals surface area contributed by atoms with Crippen molar-refractivity contribution in [3.05, 3.63) is 35.9 Å². The summed E-state index contributed by atoms with van der Waals surface area (Å²) < 4.78 is 12.2. The van der Waals surface area contributed by atoms with Crippen molar-refractivity contribution < 1.29 is 9.18 Å². The Labute approximate surface area is 87.1 Å². The predicted molar refractivity (Wildman–Crippen MR) is 53.9 cm³/mol. The van der Waals surface area contributed by atoms with Crippen molar-refractivity contribution >= 4 is 17.5 Å². The Balaban J connectivity index is 2.26. The van der Waals surface area contributed by atoms with Crippen molar-refractivity contribution in [2.45, 2.75) is 12.1 Å². The van der Waals surface area contributed by atoms with E-state index >= 15 is 0 Å². The van der Waals surface area contributed by atoms with Crippen LogP contribution in [0.3, 0.4) is 0 Å². The van der Waals surface area contributed by atoms with E-state index in [0.29, 0.717) is 13.0 Å². The number of rotatable bonds is 4. The molecule has 0 aliphatic rings. The second-order valence-electron chi connectivity index (χ2n) is 2.83. The molecule has 0 aliphatic carbocycles. The molecular formula is C10H11ClFNO. The van der Waals surface area contributed by atoms with E-state index in [2.05, 4.69) is 5.32 Å². The lowest BCUT2D eigenvalue weighted by Crippen LogP contribution is -2.30. The van der Waals surface area contributed by atoms with Gasteiger partial charge in [-0.2, -0.15) is 0 Å². The first kappa shape index (κ1) is 11.0. The van der Waals surface area contributed by atoms with Crippen LogP contribution in [0.2, 0.25) is 0 Å². The van der Waals surface area contributed by atoms with Crippen molar-refractivity contribution in [2.75, 3.05) is 6.54 Å². The Morgan fingerprint density at radius 3 is 2.64 bits per heavy atom. The van der Waals surface area contributed by atoms with Crippen molar-refractivity contribution in [3.63, 3.8) is 0 Å². The lowest BCUT2D eigenvalue weighted by Gasteiger charge is -2.04. The highest BCUT2D eigenvalue weighted by atomic mass is 35.5. The second-order valence-corrected chi connectivity index (χ2v) is 3.21. The van der Waals surface area contributed by atoms with Crippen molar-refractivity contribution in [1.82, 2.24) is 5.32 Å². The van der Waals surface area contributed by atoms with E-state index in [1.807, 2.05) is 30.3 Å². The average Bonchev–Trinajstić information content (AvgIpc) is 2.19. The molecule has 1 rings (SSSR count). The maximum absolute atomic E-state index is 12.2. The van der Waals surface area contributed by atoms with Gasteiger partial charge < -0.3 is 5.32 Å². The summed E-state index contributed by atoms with van der Waals surface area (Å²) in [5.74, 6) is -0.775. The van der Waals surface area contributed by atoms with Gasteiger partial charge in [0.1, 0.15) is 0 Å². The number of hydrogen-bond donors (Lipinski definition) is 1. The minimum atomic E-state index is -1.95. The summed E-state index contributed by atoms with van der Waals surface area (Å²) in [5.41, 5.74) is -0.858. The van der Waals surface area contributed by atoms with E-state index in [-0.39, 0.29) is 0 Å². The standard InChI is InChI=1S/C10H11ClFNO/c11-9(12)10(14)13-7-6-8-4-2-1-3-5-8/h1-5,9H,6-7H2,(H,13,14). The molecule has 1 unspecified atom stereocenters. The topological polar surface area (TPSA) is 29.1 Å². The van der Waals surface area contributed by atoms with Crippen LogP contribution in [0.4, 0.5) is 4.39 Å². The molecule has 14 heavy (non-hydrogen) atoms. The number of halogens is 2. The van der Waals surface area contributed by atoms with Crippen molar-refractivity contribution in [3.8, 4) is 0 Å². The number of amides is 1. The molecule has 0 aliphatic heterocycles. The molecule has 0 spiro atoms. The molecule has 0 aromatic heterocycles. The maximum Gasteiger partial charge on any atom is 0.270 e. The molecule has 0 heterocycles. The van der Waals surface area contributed by atoms with Crippen LogP contribution in [-0.4, -0.2) is 18.1 Å². The summed E-state index contributed by atoms with van der Waals surface area (Å²) in [6, 6.07) is 9.63. The van der Waals surface area contributed by atoms with Gasteiger partial charge in [-0.1, -0.05) is 41.9 Å². The predicted octanol–water partition coefficient (Wildman–Crippen LogP) is 1.88. The summed E-state index contributed by atoms with van der Waals surface area (Å²) in [4.78, 5) is 10.7. The van der Waals surface area contributed by atoms with Gasteiger partial charge in [-0.25, -0.2) is 4.39 Å². The Hall–Kier alpha value is -1.09. The highest BCUT2D eigenvalue weighted by Gasteiger charge is 2.11. The summed E-state index contributed by atoms with van der Waals surface area (Å²) in [7, 11) is 0. The molecule has 76 valence electrons. The van der Waals surface area contributed by atoms with Crippen LogP contribution in [-0.2, 0) is 11.2 Å². The zero-order valence-electron chi connectivity index (χ0n) is 7.54. The third-order valence-electron chi connectivity index (χ3n) is 1.75. The van der Waals surface area contributed by atoms with Gasteiger partial charge in [0.2, 0.25) is 0 Å². The normalized spacial score (nSPS) is 12.1. The lowest BCUT2D eigenvalue weighted by atomic mass is 10.1. The van der Waals surface area contributed by atoms with Gasteiger partial charge in [0, 0.05) is 6.54 Å². The summed E-state index contributed by atoms with van der Waals surface area (Å²) in [6.07, 6.45) is 0.677. The second kappa shape index (κ2) is 5.60. The molecule has 0 saturated heterocycles. The molecule has 4 heteroatoms. The van der Waals surface area contributed by atoms with Gasteiger partial charge in [0.15, 0.2) is 0 Å². The summed E-state index contributed by atoms with van der Waals surface area (Å²) in [6.45, 7) is 0.399. The number of nitrogens with one attached hydrogen (secondary N) is 1. The van der Waals surface area contributed by atoms with Crippen LogP contribution in [0.25, 0.3) is 0 Å². The average molecular weight is 216 g/mol. The minimum absolute atomic E-state index is 0.399. The third kappa shape index (κ3) is 3.75. The third-order valence-corrected chi connectivity index (χ3v) is 1.95. The molecule has 1 atom stereocenters. The number of carbonyl (C=O) groups is 1. The number of hydrogen-bond acceptors (Lipinski definition) is 1. The monoisotopic (exact) mass is 215 g/mol. The van der Waals surface area contributed by atoms with E-state index < -0.39 is 11.5 Å². The molecule has 1 N–H and O–H groups in total. The molecule has 1 aromatic carbocycles. The van der Waals surface area contributed by atoms with Crippen LogP contribution in [0.5, 0.6) is 0 Å². The summed E-state index contributed by atoms with van der Waals surface area (Å²) in [5, 5.41) is 2.38. The van der Waals surface area contributed by atoms with Crippen molar-refractivity contribution in [1.29, 1.82) is 0 Å². The molecule has 1 aromatic rings. The molecule has 0 radical (unpaired) electrons. The van der Waals surface area contributed by atoms with E-state index in [9.17, 15) is 9.18 Å². The molecule has 0 bridgehead atoms.